The first kappa shape index (κ1) is 22.1. The van der Waals surface area contributed by atoms with Crippen molar-refractivity contribution in [1.29, 1.82) is 0 Å². The van der Waals surface area contributed by atoms with Crippen molar-refractivity contribution < 1.29 is 24.2 Å². The van der Waals surface area contributed by atoms with Gasteiger partial charge < -0.3 is 19.5 Å². The van der Waals surface area contributed by atoms with Gasteiger partial charge in [0.15, 0.2) is 11.5 Å². The van der Waals surface area contributed by atoms with Crippen LogP contribution in [0.5, 0.6) is 11.5 Å². The van der Waals surface area contributed by atoms with Gasteiger partial charge in [-0.3, -0.25) is 9.59 Å². The monoisotopic (exact) mass is 447 g/mol. The SMILES string of the molecule is C=CCN1C(=O)[C@H](CC(=O)O)S[C@@H](c2cccc(OC)c2OC)c2cc(Cl)ccc21. The number of thioether (sulfide) groups is 1. The van der Waals surface area contributed by atoms with E-state index < -0.39 is 16.5 Å². The normalized spacial score (nSPS) is 18.4. The van der Waals surface area contributed by atoms with Gasteiger partial charge in [0.1, 0.15) is 0 Å². The highest BCUT2D eigenvalue weighted by atomic mass is 35.5. The molecule has 0 aromatic heterocycles. The number of para-hydroxylation sites is 1. The number of hydrogen-bond acceptors (Lipinski definition) is 5. The number of carbonyl (C=O) groups is 2. The second-order valence-electron chi connectivity index (χ2n) is 6.63. The Hall–Kier alpha value is -2.64. The molecule has 0 fully saturated rings. The largest absolute Gasteiger partial charge is 0.493 e. The van der Waals surface area contributed by atoms with E-state index in [-0.39, 0.29) is 18.9 Å². The highest BCUT2D eigenvalue weighted by molar-refractivity contribution is 8.01. The minimum absolute atomic E-state index is 0.256. The molecule has 8 heteroatoms. The van der Waals surface area contributed by atoms with Crippen LogP contribution in [0, 0.1) is 0 Å². The summed E-state index contributed by atoms with van der Waals surface area (Å²) >= 11 is 7.58. The highest BCUT2D eigenvalue weighted by Crippen LogP contribution is 2.51. The second kappa shape index (κ2) is 9.45. The third kappa shape index (κ3) is 4.27. The van der Waals surface area contributed by atoms with Gasteiger partial charge in [-0.2, -0.15) is 0 Å². The van der Waals surface area contributed by atoms with E-state index >= 15 is 0 Å². The maximum absolute atomic E-state index is 13.3. The Labute approximate surface area is 184 Å². The summed E-state index contributed by atoms with van der Waals surface area (Å²) in [6, 6.07) is 10.8. The lowest BCUT2D eigenvalue weighted by Gasteiger charge is -2.24. The molecule has 0 unspecified atom stereocenters. The molecule has 2 aromatic carbocycles. The number of anilines is 1. The van der Waals surface area contributed by atoms with Gasteiger partial charge in [-0.1, -0.05) is 29.8 Å². The van der Waals surface area contributed by atoms with Gasteiger partial charge in [0.25, 0.3) is 0 Å². The van der Waals surface area contributed by atoms with Crippen LogP contribution < -0.4 is 14.4 Å². The summed E-state index contributed by atoms with van der Waals surface area (Å²) in [7, 11) is 3.10. The van der Waals surface area contributed by atoms with E-state index in [2.05, 4.69) is 6.58 Å². The van der Waals surface area contributed by atoms with Gasteiger partial charge in [0.05, 0.1) is 31.1 Å². The number of nitrogens with zero attached hydrogens (tertiary/aromatic N) is 1. The fourth-order valence-corrected chi connectivity index (χ4v) is 5.20. The average Bonchev–Trinajstić information content (AvgIpc) is 2.83. The molecular formula is C22H22ClNO5S. The molecule has 0 aliphatic carbocycles. The molecule has 0 bridgehead atoms. The minimum atomic E-state index is -1.04. The van der Waals surface area contributed by atoms with Crippen molar-refractivity contribution >= 4 is 40.9 Å². The van der Waals surface area contributed by atoms with E-state index in [0.717, 1.165) is 11.1 Å². The molecule has 2 atom stereocenters. The van der Waals surface area contributed by atoms with Crippen LogP contribution >= 0.6 is 23.4 Å². The number of methoxy groups -OCH3 is 2. The molecule has 3 rings (SSSR count). The van der Waals surface area contributed by atoms with E-state index in [1.807, 2.05) is 12.1 Å². The van der Waals surface area contributed by atoms with E-state index in [4.69, 9.17) is 21.1 Å². The third-order valence-electron chi connectivity index (χ3n) is 4.79. The van der Waals surface area contributed by atoms with Crippen LogP contribution in [0.25, 0.3) is 0 Å². The number of amides is 1. The molecule has 1 N–H and O–H groups in total. The van der Waals surface area contributed by atoms with Crippen molar-refractivity contribution in [1.82, 2.24) is 0 Å². The molecule has 30 heavy (non-hydrogen) atoms. The van der Waals surface area contributed by atoms with Crippen molar-refractivity contribution in [3.63, 3.8) is 0 Å². The van der Waals surface area contributed by atoms with Gasteiger partial charge in [0.2, 0.25) is 5.91 Å². The van der Waals surface area contributed by atoms with Crippen LogP contribution in [-0.2, 0) is 9.59 Å². The first-order chi connectivity index (χ1) is 14.4. The number of hydrogen-bond donors (Lipinski definition) is 1. The molecule has 0 spiro atoms. The zero-order valence-electron chi connectivity index (χ0n) is 16.6. The maximum Gasteiger partial charge on any atom is 0.305 e. The molecular weight excluding hydrogens is 426 g/mol. The van der Waals surface area contributed by atoms with Crippen LogP contribution in [0.2, 0.25) is 5.02 Å². The summed E-state index contributed by atoms with van der Waals surface area (Å²) in [5, 5.41) is 8.75. The number of aliphatic carboxylic acids is 1. The molecule has 1 aliphatic heterocycles. The average molecular weight is 448 g/mol. The van der Waals surface area contributed by atoms with E-state index in [0.29, 0.717) is 22.2 Å². The Morgan fingerprint density at radius 3 is 2.67 bits per heavy atom. The number of benzene rings is 2. The number of carboxylic acids is 1. The van der Waals surface area contributed by atoms with Gasteiger partial charge in [-0.05, 0) is 29.8 Å². The quantitative estimate of drug-likeness (QED) is 0.627. The Bertz CT molecular complexity index is 980. The highest BCUT2D eigenvalue weighted by Gasteiger charge is 2.38. The molecule has 1 amide bonds. The number of halogens is 1. The van der Waals surface area contributed by atoms with Crippen molar-refractivity contribution in [2.24, 2.45) is 0 Å². The summed E-state index contributed by atoms with van der Waals surface area (Å²) in [5.41, 5.74) is 2.23. The summed E-state index contributed by atoms with van der Waals surface area (Å²) in [6.45, 7) is 4.00. The molecule has 6 nitrogen and oxygen atoms in total. The predicted molar refractivity (Wildman–Crippen MR) is 119 cm³/mol. The summed E-state index contributed by atoms with van der Waals surface area (Å²) in [4.78, 5) is 26.4. The fourth-order valence-electron chi connectivity index (χ4n) is 3.54. The first-order valence-electron chi connectivity index (χ1n) is 9.21. The zero-order chi connectivity index (χ0) is 21.8. The molecule has 0 saturated heterocycles. The Morgan fingerprint density at radius 2 is 2.03 bits per heavy atom. The number of ether oxygens (including phenoxy) is 2. The molecule has 1 heterocycles. The van der Waals surface area contributed by atoms with Gasteiger partial charge in [-0.15, -0.1) is 18.3 Å². The standard InChI is InChI=1S/C22H22ClNO5S/c1-4-10-24-16-9-8-13(23)11-15(16)21(30-18(22(24)27)12-19(25)26)14-6-5-7-17(28-2)20(14)29-3/h4-9,11,18,21H,1,10,12H2,2-3H3,(H,25,26)/t18-,21-/m0/s1. The van der Waals surface area contributed by atoms with Crippen LogP contribution in [0.15, 0.2) is 49.1 Å². The second-order valence-corrected chi connectivity index (χ2v) is 8.38. The first-order valence-corrected chi connectivity index (χ1v) is 10.5. The molecule has 2 aromatic rings. The lowest BCUT2D eigenvalue weighted by Crippen LogP contribution is -2.38. The number of fused-ring (bicyclic) bond motifs is 1. The van der Waals surface area contributed by atoms with Crippen molar-refractivity contribution in [2.75, 3.05) is 25.7 Å². The van der Waals surface area contributed by atoms with Gasteiger partial charge in [0, 0.05) is 22.8 Å². The van der Waals surface area contributed by atoms with Crippen molar-refractivity contribution in [2.45, 2.75) is 16.9 Å². The Morgan fingerprint density at radius 1 is 1.27 bits per heavy atom. The minimum Gasteiger partial charge on any atom is -0.493 e. The zero-order valence-corrected chi connectivity index (χ0v) is 18.2. The molecule has 158 valence electrons. The maximum atomic E-state index is 13.3. The summed E-state index contributed by atoms with van der Waals surface area (Å²) < 4.78 is 11.1. The number of carbonyl (C=O) groups excluding carboxylic acids is 1. The van der Waals surface area contributed by atoms with E-state index in [9.17, 15) is 14.7 Å². The fraction of sp³-hybridized carbons (Fsp3) is 0.273. The lowest BCUT2D eigenvalue weighted by molar-refractivity contribution is -0.138. The van der Waals surface area contributed by atoms with Crippen molar-refractivity contribution in [3.8, 4) is 11.5 Å². The lowest BCUT2D eigenvalue weighted by atomic mass is 10.00. The van der Waals surface area contributed by atoms with Gasteiger partial charge in [-0.25, -0.2) is 0 Å². The van der Waals surface area contributed by atoms with Crippen LogP contribution in [0.3, 0.4) is 0 Å². The number of carboxylic acid groups (broad SMARTS) is 1. The van der Waals surface area contributed by atoms with Gasteiger partial charge >= 0.3 is 5.97 Å². The topological polar surface area (TPSA) is 76.1 Å². The Balaban J connectivity index is 2.26. The van der Waals surface area contributed by atoms with Crippen LogP contribution in [0.4, 0.5) is 5.69 Å². The van der Waals surface area contributed by atoms with E-state index in [1.54, 1.807) is 49.5 Å². The molecule has 0 saturated carbocycles. The molecule has 0 radical (unpaired) electrons. The summed E-state index contributed by atoms with van der Waals surface area (Å²) in [5.74, 6) is -0.246. The smallest absolute Gasteiger partial charge is 0.305 e. The van der Waals surface area contributed by atoms with Crippen LogP contribution in [0.1, 0.15) is 22.8 Å². The molecule has 1 aliphatic rings. The predicted octanol–water partition coefficient (Wildman–Crippen LogP) is 4.56. The van der Waals surface area contributed by atoms with E-state index in [1.165, 1.54) is 11.8 Å². The third-order valence-corrected chi connectivity index (χ3v) is 6.50. The Kier molecular flexibility index (Phi) is 6.95. The summed E-state index contributed by atoms with van der Waals surface area (Å²) in [6.07, 6.45) is 1.31. The van der Waals surface area contributed by atoms with Crippen LogP contribution in [-0.4, -0.2) is 43.0 Å². The van der Waals surface area contributed by atoms with Crippen molar-refractivity contribution in [3.05, 3.63) is 65.2 Å². The number of rotatable bonds is 7.